The number of carbonyl (C=O) groups excluding carboxylic acids is 1. The molecule has 1 amide bonds. The predicted octanol–water partition coefficient (Wildman–Crippen LogP) is 4.26. The molecule has 1 fully saturated rings. The minimum absolute atomic E-state index is 0. The second-order valence-electron chi connectivity index (χ2n) is 7.27. The lowest BCUT2D eigenvalue weighted by molar-refractivity contribution is -0.128. The zero-order valence-electron chi connectivity index (χ0n) is 16.7. The van der Waals surface area contributed by atoms with Gasteiger partial charge in [0, 0.05) is 36.8 Å². The SMILES string of the molecule is Cc1c(C)n(Cc2ccc(F)cc2)c2c(OCCN3CCCC3=O)nccc12.Cl. The number of carbonyl (C=O) groups is 1. The number of aryl methyl sites for hydroxylation is 1. The summed E-state index contributed by atoms with van der Waals surface area (Å²) >= 11 is 0. The molecule has 1 saturated heterocycles. The van der Waals surface area contributed by atoms with Crippen LogP contribution in [0.1, 0.15) is 29.7 Å². The number of hydrogen-bond donors (Lipinski definition) is 0. The molecular formula is C22H25ClFN3O2. The zero-order chi connectivity index (χ0) is 19.7. The van der Waals surface area contributed by atoms with Crippen molar-refractivity contribution in [2.75, 3.05) is 19.7 Å². The average Bonchev–Trinajstić information content (AvgIpc) is 3.21. The maximum absolute atomic E-state index is 13.3. The zero-order valence-corrected chi connectivity index (χ0v) is 17.5. The van der Waals surface area contributed by atoms with Gasteiger partial charge < -0.3 is 14.2 Å². The molecule has 0 saturated carbocycles. The largest absolute Gasteiger partial charge is 0.474 e. The molecule has 0 unspecified atom stereocenters. The summed E-state index contributed by atoms with van der Waals surface area (Å²) in [7, 11) is 0. The van der Waals surface area contributed by atoms with Gasteiger partial charge in [-0.2, -0.15) is 0 Å². The molecule has 0 bridgehead atoms. The van der Waals surface area contributed by atoms with E-state index in [1.807, 2.05) is 11.0 Å². The molecule has 7 heteroatoms. The van der Waals surface area contributed by atoms with Crippen molar-refractivity contribution in [3.8, 4) is 5.88 Å². The lowest BCUT2D eigenvalue weighted by Gasteiger charge is -2.16. The molecular weight excluding hydrogens is 393 g/mol. The van der Waals surface area contributed by atoms with Crippen LogP contribution in [0.15, 0.2) is 36.5 Å². The molecule has 29 heavy (non-hydrogen) atoms. The first-order valence-corrected chi connectivity index (χ1v) is 9.64. The van der Waals surface area contributed by atoms with Crippen LogP contribution in [-0.2, 0) is 11.3 Å². The third kappa shape index (κ3) is 4.22. The number of amides is 1. The summed E-state index contributed by atoms with van der Waals surface area (Å²) in [6.45, 7) is 6.57. The summed E-state index contributed by atoms with van der Waals surface area (Å²) in [6.07, 6.45) is 3.31. The third-order valence-electron chi connectivity index (χ3n) is 5.54. The van der Waals surface area contributed by atoms with Crippen LogP contribution in [0.25, 0.3) is 10.9 Å². The number of likely N-dealkylation sites (tertiary alicyclic amines) is 1. The van der Waals surface area contributed by atoms with Crippen molar-refractivity contribution in [3.05, 3.63) is 59.2 Å². The highest BCUT2D eigenvalue weighted by molar-refractivity contribution is 5.89. The molecule has 154 valence electrons. The summed E-state index contributed by atoms with van der Waals surface area (Å²) < 4.78 is 21.4. The van der Waals surface area contributed by atoms with E-state index in [4.69, 9.17) is 4.74 Å². The Kier molecular flexibility index (Phi) is 6.42. The summed E-state index contributed by atoms with van der Waals surface area (Å²) in [5.41, 5.74) is 4.26. The smallest absolute Gasteiger partial charge is 0.238 e. The first kappa shape index (κ1) is 21.1. The van der Waals surface area contributed by atoms with Gasteiger partial charge in [0.15, 0.2) is 0 Å². The van der Waals surface area contributed by atoms with Gasteiger partial charge in [0.25, 0.3) is 0 Å². The summed E-state index contributed by atoms with van der Waals surface area (Å²) in [6, 6.07) is 8.55. The molecule has 1 aromatic carbocycles. The highest BCUT2D eigenvalue weighted by Crippen LogP contribution is 2.31. The summed E-state index contributed by atoms with van der Waals surface area (Å²) in [5, 5.41) is 1.10. The molecule has 0 atom stereocenters. The predicted molar refractivity (Wildman–Crippen MR) is 113 cm³/mol. The van der Waals surface area contributed by atoms with Crippen molar-refractivity contribution in [2.45, 2.75) is 33.2 Å². The van der Waals surface area contributed by atoms with Gasteiger partial charge in [-0.1, -0.05) is 12.1 Å². The number of hydrogen-bond acceptors (Lipinski definition) is 3. The maximum Gasteiger partial charge on any atom is 0.238 e. The monoisotopic (exact) mass is 417 g/mol. The second kappa shape index (κ2) is 8.82. The Labute approximate surface area is 175 Å². The van der Waals surface area contributed by atoms with Crippen molar-refractivity contribution in [3.63, 3.8) is 0 Å². The molecule has 3 aromatic rings. The fourth-order valence-corrected chi connectivity index (χ4v) is 3.83. The standard InChI is InChI=1S/C22H24FN3O2.ClH/c1-15-16(2)26(14-17-5-7-18(23)8-6-17)21-19(15)9-10-24-22(21)28-13-12-25-11-3-4-20(25)27;/h5-10H,3-4,11-14H2,1-2H3;1H. The maximum atomic E-state index is 13.3. The topological polar surface area (TPSA) is 47.4 Å². The van der Waals surface area contributed by atoms with E-state index in [1.165, 1.54) is 17.7 Å². The Hall–Kier alpha value is -2.60. The Balaban J connectivity index is 0.00000240. The number of ether oxygens (including phenoxy) is 1. The molecule has 2 aromatic heterocycles. The number of fused-ring (bicyclic) bond motifs is 1. The molecule has 1 aliphatic heterocycles. The molecule has 0 N–H and O–H groups in total. The molecule has 3 heterocycles. The van der Waals surface area contributed by atoms with E-state index < -0.39 is 0 Å². The Morgan fingerprint density at radius 3 is 2.62 bits per heavy atom. The van der Waals surface area contributed by atoms with Gasteiger partial charge in [-0.05, 0) is 49.6 Å². The van der Waals surface area contributed by atoms with Crippen LogP contribution >= 0.6 is 12.4 Å². The van der Waals surface area contributed by atoms with Crippen molar-refractivity contribution in [1.82, 2.24) is 14.5 Å². The van der Waals surface area contributed by atoms with Crippen LogP contribution in [0.4, 0.5) is 4.39 Å². The minimum atomic E-state index is -0.240. The lowest BCUT2D eigenvalue weighted by Crippen LogP contribution is -2.29. The molecule has 0 radical (unpaired) electrons. The van der Waals surface area contributed by atoms with Gasteiger partial charge in [-0.25, -0.2) is 9.37 Å². The quantitative estimate of drug-likeness (QED) is 0.602. The fourth-order valence-electron chi connectivity index (χ4n) is 3.83. The Morgan fingerprint density at radius 1 is 1.17 bits per heavy atom. The van der Waals surface area contributed by atoms with Gasteiger partial charge in [0.2, 0.25) is 11.8 Å². The number of nitrogens with zero attached hydrogens (tertiary/aromatic N) is 3. The molecule has 0 aliphatic carbocycles. The highest BCUT2D eigenvalue weighted by Gasteiger charge is 2.21. The van der Waals surface area contributed by atoms with Crippen molar-refractivity contribution in [2.24, 2.45) is 0 Å². The number of halogens is 2. The first-order valence-electron chi connectivity index (χ1n) is 9.64. The highest BCUT2D eigenvalue weighted by atomic mass is 35.5. The van der Waals surface area contributed by atoms with Gasteiger partial charge in [-0.15, -0.1) is 12.4 Å². The van der Waals surface area contributed by atoms with Crippen molar-refractivity contribution >= 4 is 29.2 Å². The van der Waals surface area contributed by atoms with Gasteiger partial charge in [0.1, 0.15) is 17.9 Å². The normalized spacial score (nSPS) is 13.8. The number of rotatable bonds is 6. The minimum Gasteiger partial charge on any atom is -0.474 e. The first-order chi connectivity index (χ1) is 13.5. The van der Waals surface area contributed by atoms with Gasteiger partial charge in [0.05, 0.1) is 6.54 Å². The van der Waals surface area contributed by atoms with Crippen LogP contribution in [0.2, 0.25) is 0 Å². The summed E-state index contributed by atoms with van der Waals surface area (Å²) in [5.74, 6) is 0.528. The van der Waals surface area contributed by atoms with E-state index in [0.717, 1.165) is 35.1 Å². The van der Waals surface area contributed by atoms with Gasteiger partial charge in [-0.3, -0.25) is 4.79 Å². The van der Waals surface area contributed by atoms with Crippen LogP contribution in [0, 0.1) is 19.7 Å². The fraction of sp³-hybridized carbons (Fsp3) is 0.364. The Bertz CT molecular complexity index is 1020. The number of aromatic nitrogens is 2. The van der Waals surface area contributed by atoms with Crippen LogP contribution in [-0.4, -0.2) is 40.1 Å². The lowest BCUT2D eigenvalue weighted by atomic mass is 10.2. The van der Waals surface area contributed by atoms with Crippen LogP contribution in [0.5, 0.6) is 5.88 Å². The van der Waals surface area contributed by atoms with E-state index in [1.54, 1.807) is 18.3 Å². The van der Waals surface area contributed by atoms with E-state index in [0.29, 0.717) is 32.0 Å². The van der Waals surface area contributed by atoms with E-state index in [2.05, 4.69) is 23.4 Å². The second-order valence-corrected chi connectivity index (χ2v) is 7.27. The van der Waals surface area contributed by atoms with Gasteiger partial charge >= 0.3 is 0 Å². The molecule has 4 rings (SSSR count). The number of pyridine rings is 1. The number of benzene rings is 1. The van der Waals surface area contributed by atoms with Crippen LogP contribution in [0.3, 0.4) is 0 Å². The molecule has 0 spiro atoms. The van der Waals surface area contributed by atoms with Crippen LogP contribution < -0.4 is 4.74 Å². The summed E-state index contributed by atoms with van der Waals surface area (Å²) in [4.78, 5) is 18.1. The average molecular weight is 418 g/mol. The van der Waals surface area contributed by atoms with E-state index in [-0.39, 0.29) is 24.1 Å². The molecule has 5 nitrogen and oxygen atoms in total. The van der Waals surface area contributed by atoms with Crippen molar-refractivity contribution in [1.29, 1.82) is 0 Å². The third-order valence-corrected chi connectivity index (χ3v) is 5.54. The van der Waals surface area contributed by atoms with E-state index in [9.17, 15) is 9.18 Å². The Morgan fingerprint density at radius 2 is 1.93 bits per heavy atom. The van der Waals surface area contributed by atoms with Crippen molar-refractivity contribution < 1.29 is 13.9 Å². The van der Waals surface area contributed by atoms with E-state index >= 15 is 0 Å². The molecule has 1 aliphatic rings.